The highest BCUT2D eigenvalue weighted by molar-refractivity contribution is 7.99. The van der Waals surface area contributed by atoms with Gasteiger partial charge in [-0.3, -0.25) is 24.4 Å². The maximum atomic E-state index is 11.9. The Bertz CT molecular complexity index is 900. The van der Waals surface area contributed by atoms with Crippen LogP contribution in [0.25, 0.3) is 0 Å². The van der Waals surface area contributed by atoms with Crippen LogP contribution in [0.1, 0.15) is 49.0 Å². The molecular formula is C23H34N2O5S2. The lowest BCUT2D eigenvalue weighted by Gasteiger charge is -2.16. The molecule has 1 atom stereocenters. The van der Waals surface area contributed by atoms with Crippen molar-refractivity contribution in [2.24, 2.45) is 10.8 Å². The summed E-state index contributed by atoms with van der Waals surface area (Å²) in [6, 6.07) is 12.6. The minimum absolute atomic E-state index is 0. The van der Waals surface area contributed by atoms with E-state index in [1.165, 1.54) is 12.1 Å². The number of benzene rings is 2. The summed E-state index contributed by atoms with van der Waals surface area (Å²) in [7, 11) is -1.10. The summed E-state index contributed by atoms with van der Waals surface area (Å²) in [4.78, 5) is 21.7. The Kier molecular flexibility index (Phi) is 11.8. The van der Waals surface area contributed by atoms with Crippen LogP contribution in [0, 0.1) is 31.1 Å². The summed E-state index contributed by atoms with van der Waals surface area (Å²) in [5.41, 5.74) is 0.422. The van der Waals surface area contributed by atoms with E-state index in [-0.39, 0.29) is 34.6 Å². The van der Waals surface area contributed by atoms with E-state index in [9.17, 15) is 24.4 Å². The molecule has 0 fully saturated rings. The van der Waals surface area contributed by atoms with Gasteiger partial charge in [0, 0.05) is 45.6 Å². The van der Waals surface area contributed by atoms with Crippen LogP contribution in [-0.2, 0) is 10.8 Å². The molecule has 0 N–H and O–H groups in total. The van der Waals surface area contributed by atoms with Crippen LogP contribution in [0.4, 0.5) is 11.4 Å². The van der Waals surface area contributed by atoms with Gasteiger partial charge >= 0.3 is 0 Å². The van der Waals surface area contributed by atoms with Crippen molar-refractivity contribution in [1.29, 1.82) is 0 Å². The highest BCUT2D eigenvalue weighted by Gasteiger charge is 2.17. The average molecular weight is 483 g/mol. The minimum Gasteiger partial charge on any atom is -0.258 e. The Labute approximate surface area is 197 Å². The molecule has 2 rings (SSSR count). The second-order valence-electron chi connectivity index (χ2n) is 9.40. The van der Waals surface area contributed by atoms with E-state index in [4.69, 9.17) is 0 Å². The summed E-state index contributed by atoms with van der Waals surface area (Å²) in [6.07, 6.45) is 0. The van der Waals surface area contributed by atoms with Crippen LogP contribution in [0.3, 0.4) is 0 Å². The second kappa shape index (κ2) is 12.7. The Hall–Kier alpha value is -2.26. The number of hydrogen-bond acceptors (Lipinski definition) is 6. The highest BCUT2D eigenvalue weighted by atomic mass is 32.2. The first-order valence-electron chi connectivity index (χ1n) is 9.68. The van der Waals surface area contributed by atoms with Gasteiger partial charge in [0.2, 0.25) is 0 Å². The van der Waals surface area contributed by atoms with Gasteiger partial charge in [0.25, 0.3) is 11.4 Å². The van der Waals surface area contributed by atoms with Crippen molar-refractivity contribution in [2.45, 2.75) is 58.8 Å². The predicted molar refractivity (Wildman–Crippen MR) is 134 cm³/mol. The van der Waals surface area contributed by atoms with E-state index in [0.717, 1.165) is 10.6 Å². The number of nitro benzene ring substituents is 2. The smallest absolute Gasteiger partial charge is 0.258 e. The molecule has 2 aromatic rings. The molecule has 0 saturated heterocycles. The maximum Gasteiger partial charge on any atom is 0.269 e. The lowest BCUT2D eigenvalue weighted by atomic mass is 10.0. The predicted octanol–water partition coefficient (Wildman–Crippen LogP) is 7.12. The summed E-state index contributed by atoms with van der Waals surface area (Å²) in [5, 5.41) is 20.9. The third-order valence-electron chi connectivity index (χ3n) is 3.59. The van der Waals surface area contributed by atoms with Crippen LogP contribution >= 0.6 is 11.8 Å². The van der Waals surface area contributed by atoms with E-state index in [1.807, 2.05) is 20.8 Å². The van der Waals surface area contributed by atoms with Crippen LogP contribution in [0.2, 0.25) is 0 Å². The van der Waals surface area contributed by atoms with Gasteiger partial charge in [-0.2, -0.15) is 0 Å². The molecule has 32 heavy (non-hydrogen) atoms. The molecule has 0 spiro atoms. The Morgan fingerprint density at radius 1 is 0.781 bits per heavy atom. The zero-order chi connectivity index (χ0) is 23.8. The van der Waals surface area contributed by atoms with Crippen LogP contribution < -0.4 is 0 Å². The number of nitro groups is 2. The van der Waals surface area contributed by atoms with Gasteiger partial charge in [0.15, 0.2) is 0 Å². The lowest BCUT2D eigenvalue weighted by molar-refractivity contribution is -0.385. The minimum atomic E-state index is -1.10. The fraction of sp³-hybridized carbons (Fsp3) is 0.478. The third-order valence-corrected chi connectivity index (χ3v) is 7.14. The van der Waals surface area contributed by atoms with Gasteiger partial charge in [-0.25, -0.2) is 0 Å². The third kappa shape index (κ3) is 12.0. The van der Waals surface area contributed by atoms with Crippen molar-refractivity contribution in [3.8, 4) is 0 Å². The van der Waals surface area contributed by atoms with Gasteiger partial charge in [-0.15, -0.1) is 11.8 Å². The highest BCUT2D eigenvalue weighted by Crippen LogP contribution is 2.28. The van der Waals surface area contributed by atoms with Gasteiger partial charge in [0.1, 0.15) is 0 Å². The SMILES string of the molecule is C.CC(C)(C)CS(=O)c1ccc([N+](=O)[O-])cc1.CC(C)(C)CSc1ccc([N+](=O)[O-])cc1. The fourth-order valence-electron chi connectivity index (χ4n) is 2.16. The Balaban J connectivity index is 0.000000584. The quantitative estimate of drug-likeness (QED) is 0.247. The molecule has 7 nitrogen and oxygen atoms in total. The van der Waals surface area contributed by atoms with Crippen molar-refractivity contribution in [3.63, 3.8) is 0 Å². The molecule has 0 aliphatic rings. The maximum absolute atomic E-state index is 11.9. The zero-order valence-electron chi connectivity index (χ0n) is 18.8. The van der Waals surface area contributed by atoms with E-state index in [0.29, 0.717) is 10.6 Å². The van der Waals surface area contributed by atoms with Gasteiger partial charge in [0.05, 0.1) is 20.6 Å². The topological polar surface area (TPSA) is 103 Å². The van der Waals surface area contributed by atoms with Crippen LogP contribution in [0.5, 0.6) is 0 Å². The monoisotopic (exact) mass is 482 g/mol. The van der Waals surface area contributed by atoms with Crippen molar-refractivity contribution in [3.05, 3.63) is 68.8 Å². The van der Waals surface area contributed by atoms with Gasteiger partial charge < -0.3 is 0 Å². The number of non-ortho nitro benzene ring substituents is 2. The molecule has 0 amide bonds. The molecule has 0 aliphatic heterocycles. The molecule has 0 aliphatic carbocycles. The first kappa shape index (κ1) is 29.7. The zero-order valence-corrected chi connectivity index (χ0v) is 20.4. The first-order chi connectivity index (χ1) is 14.2. The molecule has 0 saturated carbocycles. The number of rotatable bonds is 6. The molecule has 0 aromatic heterocycles. The van der Waals surface area contributed by atoms with Gasteiger partial charge in [-0.05, 0) is 35.1 Å². The van der Waals surface area contributed by atoms with Crippen molar-refractivity contribution >= 4 is 33.9 Å². The molecule has 0 radical (unpaired) electrons. The van der Waals surface area contributed by atoms with Crippen molar-refractivity contribution < 1.29 is 14.1 Å². The Morgan fingerprint density at radius 2 is 1.19 bits per heavy atom. The molecule has 0 heterocycles. The molecule has 178 valence electrons. The number of thioether (sulfide) groups is 1. The average Bonchev–Trinajstić information content (AvgIpc) is 2.65. The van der Waals surface area contributed by atoms with E-state index >= 15 is 0 Å². The van der Waals surface area contributed by atoms with Crippen molar-refractivity contribution in [1.82, 2.24) is 0 Å². The molecule has 2 aromatic carbocycles. The number of nitrogens with zero attached hydrogens (tertiary/aromatic N) is 2. The fourth-order valence-corrected chi connectivity index (χ4v) is 4.48. The van der Waals surface area contributed by atoms with Gasteiger partial charge in [-0.1, -0.05) is 49.0 Å². The summed E-state index contributed by atoms with van der Waals surface area (Å²) < 4.78 is 11.9. The molecule has 0 bridgehead atoms. The Morgan fingerprint density at radius 3 is 1.53 bits per heavy atom. The summed E-state index contributed by atoms with van der Waals surface area (Å²) in [5.74, 6) is 1.55. The van der Waals surface area contributed by atoms with Crippen LogP contribution in [-0.4, -0.2) is 25.6 Å². The molecule has 1 unspecified atom stereocenters. The molecular weight excluding hydrogens is 448 g/mol. The standard InChI is InChI=1S/C11H15NO3S.C11H15NO2S.CH4/c1-11(2,3)8-16(15)10-6-4-9(5-7-10)12(13)14;1-11(2,3)8-15-10-6-4-9(5-7-10)12(13)14;/h4-7H,8H2,1-3H3;4-7H,8H2,1-3H3;1H4. The van der Waals surface area contributed by atoms with Crippen LogP contribution in [0.15, 0.2) is 58.3 Å². The summed E-state index contributed by atoms with van der Waals surface area (Å²) in [6.45, 7) is 12.5. The summed E-state index contributed by atoms with van der Waals surface area (Å²) >= 11 is 1.73. The lowest BCUT2D eigenvalue weighted by Crippen LogP contribution is -2.16. The van der Waals surface area contributed by atoms with E-state index in [2.05, 4.69) is 20.8 Å². The normalized spacial score (nSPS) is 12.1. The number of hydrogen-bond donors (Lipinski definition) is 0. The largest absolute Gasteiger partial charge is 0.269 e. The second-order valence-corrected chi connectivity index (χ2v) is 11.9. The molecule has 9 heteroatoms. The van der Waals surface area contributed by atoms with Crippen molar-refractivity contribution in [2.75, 3.05) is 11.5 Å². The van der Waals surface area contributed by atoms with E-state index < -0.39 is 15.7 Å². The van der Waals surface area contributed by atoms with E-state index in [1.54, 1.807) is 48.2 Å². The first-order valence-corrected chi connectivity index (χ1v) is 12.0.